The second-order valence-corrected chi connectivity index (χ2v) is 8.50. The van der Waals surface area contributed by atoms with Crippen LogP contribution in [-0.2, 0) is 14.8 Å². The van der Waals surface area contributed by atoms with E-state index in [1.165, 1.54) is 12.1 Å². The van der Waals surface area contributed by atoms with Gasteiger partial charge in [0.25, 0.3) is 0 Å². The molecule has 1 atom stereocenters. The predicted molar refractivity (Wildman–Crippen MR) is 109 cm³/mol. The maximum Gasteiger partial charge on any atom is 0.248 e. The standard InChI is InChI=1S/C20H25FN2O4S/c1-5-19(23(28(4,25)26)17-11-9-15(21)10-12-17)20(24)22-16-7-6-8-18(13-16)27-14(2)3/h6-14,19H,5H2,1-4H3,(H,22,24). The fourth-order valence-corrected chi connectivity index (χ4v) is 4.00. The highest BCUT2D eigenvalue weighted by molar-refractivity contribution is 7.92. The number of anilines is 2. The number of hydrogen-bond donors (Lipinski definition) is 1. The van der Waals surface area contributed by atoms with Crippen LogP contribution in [0.15, 0.2) is 48.5 Å². The van der Waals surface area contributed by atoms with Crippen LogP contribution in [0.2, 0.25) is 0 Å². The highest BCUT2D eigenvalue weighted by Gasteiger charge is 2.31. The minimum absolute atomic E-state index is 0.0199. The highest BCUT2D eigenvalue weighted by atomic mass is 32.2. The third kappa shape index (κ3) is 5.69. The normalized spacial score (nSPS) is 12.5. The summed E-state index contributed by atoms with van der Waals surface area (Å²) in [5.41, 5.74) is 0.719. The minimum Gasteiger partial charge on any atom is -0.491 e. The number of sulfonamides is 1. The van der Waals surface area contributed by atoms with Gasteiger partial charge in [-0.3, -0.25) is 9.10 Å². The van der Waals surface area contributed by atoms with Gasteiger partial charge in [0.2, 0.25) is 15.9 Å². The molecular formula is C20H25FN2O4S. The molecule has 1 unspecified atom stereocenters. The molecule has 1 N–H and O–H groups in total. The molecule has 6 nitrogen and oxygen atoms in total. The molecule has 8 heteroatoms. The number of halogens is 1. The van der Waals surface area contributed by atoms with Crippen molar-refractivity contribution in [3.8, 4) is 5.75 Å². The van der Waals surface area contributed by atoms with Gasteiger partial charge >= 0.3 is 0 Å². The largest absolute Gasteiger partial charge is 0.491 e. The van der Waals surface area contributed by atoms with E-state index in [2.05, 4.69) is 5.32 Å². The van der Waals surface area contributed by atoms with Gasteiger partial charge in [-0.15, -0.1) is 0 Å². The van der Waals surface area contributed by atoms with Crippen LogP contribution in [-0.4, -0.2) is 32.7 Å². The quantitative estimate of drug-likeness (QED) is 0.721. The Morgan fingerprint density at radius 3 is 2.36 bits per heavy atom. The SMILES string of the molecule is CCC(C(=O)Nc1cccc(OC(C)C)c1)N(c1ccc(F)cc1)S(C)(=O)=O. The van der Waals surface area contributed by atoms with Gasteiger partial charge in [-0.05, 0) is 56.7 Å². The first-order valence-corrected chi connectivity index (χ1v) is 10.8. The molecule has 0 fully saturated rings. The van der Waals surface area contributed by atoms with Gasteiger partial charge in [-0.2, -0.15) is 0 Å². The summed E-state index contributed by atoms with van der Waals surface area (Å²) in [6.07, 6.45) is 1.23. The molecule has 0 aliphatic rings. The molecule has 0 saturated heterocycles. The van der Waals surface area contributed by atoms with Gasteiger partial charge in [-0.1, -0.05) is 13.0 Å². The van der Waals surface area contributed by atoms with Crippen molar-refractivity contribution in [3.05, 3.63) is 54.3 Å². The van der Waals surface area contributed by atoms with Crippen molar-refractivity contribution in [2.45, 2.75) is 39.3 Å². The summed E-state index contributed by atoms with van der Waals surface area (Å²) in [7, 11) is -3.78. The second-order valence-electron chi connectivity index (χ2n) is 6.64. The second kappa shape index (κ2) is 9.05. The molecule has 0 heterocycles. The van der Waals surface area contributed by atoms with E-state index in [0.717, 1.165) is 22.7 Å². The lowest BCUT2D eigenvalue weighted by atomic mass is 10.1. The smallest absolute Gasteiger partial charge is 0.248 e. The average molecular weight is 408 g/mol. The Morgan fingerprint density at radius 2 is 1.82 bits per heavy atom. The molecular weight excluding hydrogens is 383 g/mol. The number of nitrogens with one attached hydrogen (secondary N) is 1. The van der Waals surface area contributed by atoms with Crippen LogP contribution in [0.3, 0.4) is 0 Å². The van der Waals surface area contributed by atoms with Crippen molar-refractivity contribution >= 4 is 27.3 Å². The lowest BCUT2D eigenvalue weighted by molar-refractivity contribution is -0.117. The Hall–Kier alpha value is -2.61. The van der Waals surface area contributed by atoms with Crippen LogP contribution in [0.5, 0.6) is 5.75 Å². The van der Waals surface area contributed by atoms with Crippen LogP contribution in [0.25, 0.3) is 0 Å². The maximum atomic E-state index is 13.2. The summed E-state index contributed by atoms with van der Waals surface area (Å²) >= 11 is 0. The Balaban J connectivity index is 2.30. The molecule has 0 aromatic heterocycles. The maximum absolute atomic E-state index is 13.2. The van der Waals surface area contributed by atoms with E-state index in [1.807, 2.05) is 13.8 Å². The zero-order valence-electron chi connectivity index (χ0n) is 16.3. The molecule has 0 radical (unpaired) electrons. The van der Waals surface area contributed by atoms with Gasteiger partial charge in [0.15, 0.2) is 0 Å². The van der Waals surface area contributed by atoms with Crippen molar-refractivity contribution in [1.82, 2.24) is 0 Å². The van der Waals surface area contributed by atoms with E-state index >= 15 is 0 Å². The number of carbonyl (C=O) groups excluding carboxylic acids is 1. The zero-order valence-corrected chi connectivity index (χ0v) is 17.2. The molecule has 0 saturated carbocycles. The van der Waals surface area contributed by atoms with E-state index in [-0.39, 0.29) is 18.2 Å². The van der Waals surface area contributed by atoms with E-state index in [1.54, 1.807) is 31.2 Å². The van der Waals surface area contributed by atoms with Gasteiger partial charge in [-0.25, -0.2) is 12.8 Å². The molecule has 152 valence electrons. The van der Waals surface area contributed by atoms with Crippen molar-refractivity contribution in [1.29, 1.82) is 0 Å². The topological polar surface area (TPSA) is 75.7 Å². The van der Waals surface area contributed by atoms with Crippen molar-refractivity contribution in [3.63, 3.8) is 0 Å². The number of amides is 1. The van der Waals surface area contributed by atoms with Crippen LogP contribution in [0, 0.1) is 5.82 Å². The fourth-order valence-electron chi connectivity index (χ4n) is 2.79. The monoisotopic (exact) mass is 408 g/mol. The number of ether oxygens (including phenoxy) is 1. The fraction of sp³-hybridized carbons (Fsp3) is 0.350. The molecule has 1 amide bonds. The van der Waals surface area contributed by atoms with Gasteiger partial charge in [0.1, 0.15) is 17.6 Å². The van der Waals surface area contributed by atoms with Crippen LogP contribution >= 0.6 is 0 Å². The Bertz CT molecular complexity index is 914. The van der Waals surface area contributed by atoms with Crippen LogP contribution in [0.4, 0.5) is 15.8 Å². The van der Waals surface area contributed by atoms with Gasteiger partial charge in [0.05, 0.1) is 18.0 Å². The van der Waals surface area contributed by atoms with E-state index < -0.39 is 27.8 Å². The first kappa shape index (κ1) is 21.7. The molecule has 0 bridgehead atoms. The Labute approximate surface area is 165 Å². The number of nitrogens with zero attached hydrogens (tertiary/aromatic N) is 1. The van der Waals surface area contributed by atoms with Crippen LogP contribution in [0.1, 0.15) is 27.2 Å². The molecule has 0 aliphatic carbocycles. The van der Waals surface area contributed by atoms with E-state index in [4.69, 9.17) is 4.74 Å². The van der Waals surface area contributed by atoms with E-state index in [9.17, 15) is 17.6 Å². The molecule has 0 spiro atoms. The number of rotatable bonds is 8. The molecule has 28 heavy (non-hydrogen) atoms. The van der Waals surface area contributed by atoms with Crippen molar-refractivity contribution in [2.75, 3.05) is 15.9 Å². The summed E-state index contributed by atoms with van der Waals surface area (Å²) in [4.78, 5) is 12.9. The summed E-state index contributed by atoms with van der Waals surface area (Å²) in [5, 5.41) is 2.74. The molecule has 2 aromatic carbocycles. The molecule has 2 aromatic rings. The number of hydrogen-bond acceptors (Lipinski definition) is 4. The van der Waals surface area contributed by atoms with Gasteiger partial charge in [0, 0.05) is 11.8 Å². The average Bonchev–Trinajstić information content (AvgIpc) is 2.59. The zero-order chi connectivity index (χ0) is 20.9. The Kier molecular flexibility index (Phi) is 7.01. The summed E-state index contributed by atoms with van der Waals surface area (Å²) in [6.45, 7) is 5.50. The highest BCUT2D eigenvalue weighted by Crippen LogP contribution is 2.24. The van der Waals surface area contributed by atoms with Gasteiger partial charge < -0.3 is 10.1 Å². The first-order chi connectivity index (χ1) is 13.1. The minimum atomic E-state index is -3.78. The first-order valence-electron chi connectivity index (χ1n) is 8.94. The third-order valence-corrected chi connectivity index (χ3v) is 5.06. The predicted octanol–water partition coefficient (Wildman–Crippen LogP) is 3.80. The molecule has 0 aliphatic heterocycles. The molecule has 2 rings (SSSR count). The number of carbonyl (C=O) groups is 1. The lowest BCUT2D eigenvalue weighted by Gasteiger charge is -2.30. The van der Waals surface area contributed by atoms with E-state index in [0.29, 0.717) is 11.4 Å². The van der Waals surface area contributed by atoms with Crippen molar-refractivity contribution in [2.24, 2.45) is 0 Å². The lowest BCUT2D eigenvalue weighted by Crippen LogP contribution is -2.47. The number of benzene rings is 2. The van der Waals surface area contributed by atoms with Crippen LogP contribution < -0.4 is 14.4 Å². The summed E-state index contributed by atoms with van der Waals surface area (Å²) < 4.78 is 44.6. The summed E-state index contributed by atoms with van der Waals surface area (Å²) in [5.74, 6) is -0.380. The Morgan fingerprint density at radius 1 is 1.18 bits per heavy atom. The van der Waals surface area contributed by atoms with Crippen molar-refractivity contribution < 1.29 is 22.3 Å². The summed E-state index contributed by atoms with van der Waals surface area (Å²) in [6, 6.07) is 10.9. The third-order valence-electron chi connectivity index (χ3n) is 3.88.